The molecule has 0 aliphatic heterocycles. The molecular formula is C26H27FN4O2. The number of carbonyl (C=O) groups excluding carboxylic acids is 1. The number of likely N-dealkylation sites (N-methyl/N-ethyl adjacent to an activating group) is 1. The lowest BCUT2D eigenvalue weighted by Gasteiger charge is -2.15. The van der Waals surface area contributed by atoms with Crippen LogP contribution in [0.3, 0.4) is 0 Å². The standard InChI is InChI=1S/C26H27FN4O2/c1-5-33-25-14-24-22(13-18(25)12-21(32)7-6-10-31(3)4)26(19(15-28)16-29-24)30-20-8-9-23(27)17(2)11-20/h6-9,11,13-14,16H,5,10,12H2,1-4H3,(H,29,30)/b7-6+/i7D,8D,9D,10D2,11D,13D,14D,16D. The number of halogens is 1. The summed E-state index contributed by atoms with van der Waals surface area (Å²) in [4.78, 5) is 18.2. The van der Waals surface area contributed by atoms with Crippen LogP contribution >= 0.6 is 0 Å². The largest absolute Gasteiger partial charge is 0.494 e. The third-order valence-electron chi connectivity index (χ3n) is 4.28. The number of allylic oxidation sites excluding steroid dienone is 1. The van der Waals surface area contributed by atoms with Gasteiger partial charge in [-0.15, -0.1) is 0 Å². The van der Waals surface area contributed by atoms with Crippen LogP contribution < -0.4 is 10.1 Å². The van der Waals surface area contributed by atoms with Crippen LogP contribution in [0.5, 0.6) is 5.75 Å². The van der Waals surface area contributed by atoms with Crippen molar-refractivity contribution in [3.05, 3.63) is 71.0 Å². The quantitative estimate of drug-likeness (QED) is 0.461. The number of nitrogens with zero attached hydrogens (tertiary/aromatic N) is 3. The zero-order chi connectivity index (χ0) is 31.8. The second-order valence-electron chi connectivity index (χ2n) is 7.03. The summed E-state index contributed by atoms with van der Waals surface area (Å²) in [6.45, 7) is 0.691. The first kappa shape index (κ1) is 14.4. The number of hydrogen-bond donors (Lipinski definition) is 1. The molecule has 1 heterocycles. The van der Waals surface area contributed by atoms with Crippen LogP contribution in [0.25, 0.3) is 10.9 Å². The molecule has 3 rings (SSSR count). The van der Waals surface area contributed by atoms with Crippen molar-refractivity contribution in [1.29, 1.82) is 5.26 Å². The van der Waals surface area contributed by atoms with Crippen molar-refractivity contribution in [3.63, 3.8) is 0 Å². The number of ketones is 1. The molecule has 3 aromatic rings. The number of rotatable bonds is 9. The van der Waals surface area contributed by atoms with Gasteiger partial charge in [0.1, 0.15) is 17.6 Å². The van der Waals surface area contributed by atoms with Crippen molar-refractivity contribution in [1.82, 2.24) is 9.88 Å². The van der Waals surface area contributed by atoms with E-state index in [1.165, 1.54) is 21.0 Å². The van der Waals surface area contributed by atoms with E-state index >= 15 is 0 Å². The fraction of sp³-hybridized carbons (Fsp3) is 0.269. The zero-order valence-corrected chi connectivity index (χ0v) is 18.5. The first-order valence-corrected chi connectivity index (χ1v) is 9.92. The molecule has 33 heavy (non-hydrogen) atoms. The maximum absolute atomic E-state index is 14.4. The predicted octanol–water partition coefficient (Wildman–Crippen LogP) is 4.93. The summed E-state index contributed by atoms with van der Waals surface area (Å²) in [5.74, 6) is -2.21. The monoisotopic (exact) mass is 455 g/mol. The number of carbonyl (C=O) groups is 1. The van der Waals surface area contributed by atoms with Crippen LogP contribution in [0.1, 0.15) is 36.0 Å². The van der Waals surface area contributed by atoms with Crippen molar-refractivity contribution in [2.24, 2.45) is 0 Å². The van der Waals surface area contributed by atoms with E-state index < -0.39 is 72.5 Å². The fourth-order valence-electron chi connectivity index (χ4n) is 2.79. The number of nitriles is 1. The van der Waals surface area contributed by atoms with E-state index in [1.54, 1.807) is 13.0 Å². The van der Waals surface area contributed by atoms with Gasteiger partial charge in [-0.25, -0.2) is 4.39 Å². The van der Waals surface area contributed by atoms with E-state index in [-0.39, 0.29) is 45.8 Å². The van der Waals surface area contributed by atoms with Gasteiger partial charge in [-0.2, -0.15) is 5.26 Å². The Bertz CT molecular complexity index is 1660. The smallest absolute Gasteiger partial charge is 0.159 e. The van der Waals surface area contributed by atoms with Crippen LogP contribution in [0.15, 0.2) is 48.5 Å². The Kier molecular flexibility index (Phi) is 4.67. The zero-order valence-electron chi connectivity index (χ0n) is 27.5. The van der Waals surface area contributed by atoms with E-state index in [4.69, 9.17) is 17.1 Å². The molecule has 0 fully saturated rings. The normalized spacial score (nSPS) is 15.8. The second kappa shape index (κ2) is 10.7. The van der Waals surface area contributed by atoms with Gasteiger partial charge in [-0.3, -0.25) is 9.78 Å². The summed E-state index contributed by atoms with van der Waals surface area (Å²) in [5, 5.41) is 12.3. The molecule has 0 spiro atoms. The van der Waals surface area contributed by atoms with Gasteiger partial charge in [0.05, 0.1) is 33.0 Å². The summed E-state index contributed by atoms with van der Waals surface area (Å²) in [7, 11) is 2.84. The number of aromatic nitrogens is 1. The lowest BCUT2D eigenvalue weighted by Crippen LogP contribution is -2.11. The minimum atomic E-state index is -2.14. The van der Waals surface area contributed by atoms with Gasteiger partial charge in [0.25, 0.3) is 0 Å². The Morgan fingerprint density at radius 3 is 2.91 bits per heavy atom. The van der Waals surface area contributed by atoms with Gasteiger partial charge >= 0.3 is 0 Å². The Labute approximate surface area is 206 Å². The highest BCUT2D eigenvalue weighted by Gasteiger charge is 2.16. The van der Waals surface area contributed by atoms with Crippen molar-refractivity contribution in [3.8, 4) is 11.8 Å². The number of benzene rings is 2. The van der Waals surface area contributed by atoms with Gasteiger partial charge in [0.15, 0.2) is 5.78 Å². The Morgan fingerprint density at radius 2 is 2.21 bits per heavy atom. The lowest BCUT2D eigenvalue weighted by atomic mass is 10.0. The molecule has 1 aromatic heterocycles. The van der Waals surface area contributed by atoms with Gasteiger partial charge in [-0.1, -0.05) is 6.08 Å². The first-order chi connectivity index (χ1) is 19.5. The van der Waals surface area contributed by atoms with Gasteiger partial charge in [0.2, 0.25) is 0 Å². The molecule has 6 nitrogen and oxygen atoms in total. The maximum Gasteiger partial charge on any atom is 0.159 e. The highest BCUT2D eigenvalue weighted by molar-refractivity contribution is 5.98. The summed E-state index contributed by atoms with van der Waals surface area (Å²) in [6.07, 6.45) is -0.479. The number of pyridine rings is 1. The molecule has 0 bridgehead atoms. The molecule has 0 saturated heterocycles. The minimum Gasteiger partial charge on any atom is -0.494 e. The molecule has 7 heteroatoms. The number of ether oxygens (including phenoxy) is 1. The molecule has 0 radical (unpaired) electrons. The van der Waals surface area contributed by atoms with Crippen LogP contribution in [0.2, 0.25) is 0 Å². The van der Waals surface area contributed by atoms with Crippen molar-refractivity contribution >= 4 is 28.1 Å². The Balaban J connectivity index is 2.39. The number of anilines is 2. The molecule has 170 valence electrons. The first-order valence-electron chi connectivity index (χ1n) is 14.4. The van der Waals surface area contributed by atoms with Gasteiger partial charge in [0, 0.05) is 44.5 Å². The summed E-state index contributed by atoms with van der Waals surface area (Å²) < 4.78 is 94.5. The summed E-state index contributed by atoms with van der Waals surface area (Å²) >= 11 is 0. The van der Waals surface area contributed by atoms with E-state index in [9.17, 15) is 14.4 Å². The van der Waals surface area contributed by atoms with E-state index in [0.717, 1.165) is 11.0 Å². The van der Waals surface area contributed by atoms with Gasteiger partial charge in [-0.05, 0) is 63.7 Å². The van der Waals surface area contributed by atoms with Crippen molar-refractivity contribution in [2.75, 3.05) is 32.5 Å². The molecule has 1 N–H and O–H groups in total. The molecule has 0 aliphatic rings. The number of nitrogens with one attached hydrogen (secondary N) is 1. The highest BCUT2D eigenvalue weighted by Crippen LogP contribution is 2.34. The molecule has 0 amide bonds. The van der Waals surface area contributed by atoms with Crippen molar-refractivity contribution < 1.29 is 26.3 Å². The fourth-order valence-corrected chi connectivity index (χ4v) is 2.79. The molecule has 0 atom stereocenters. The van der Waals surface area contributed by atoms with Gasteiger partial charge < -0.3 is 15.0 Å². The maximum atomic E-state index is 14.4. The van der Waals surface area contributed by atoms with Crippen LogP contribution in [0, 0.1) is 24.1 Å². The molecular weight excluding hydrogens is 419 g/mol. The molecule has 0 aliphatic carbocycles. The van der Waals surface area contributed by atoms with Crippen LogP contribution in [0.4, 0.5) is 15.8 Å². The number of fused-ring (bicyclic) bond motifs is 1. The molecule has 0 unspecified atom stereocenters. The number of hydrogen-bond acceptors (Lipinski definition) is 6. The second-order valence-corrected chi connectivity index (χ2v) is 7.03. The predicted molar refractivity (Wildman–Crippen MR) is 128 cm³/mol. The van der Waals surface area contributed by atoms with Crippen molar-refractivity contribution in [2.45, 2.75) is 20.3 Å². The van der Waals surface area contributed by atoms with Crippen LogP contribution in [-0.4, -0.2) is 42.9 Å². The highest BCUT2D eigenvalue weighted by atomic mass is 19.1. The molecule has 0 saturated carbocycles. The van der Waals surface area contributed by atoms with Crippen LogP contribution in [-0.2, 0) is 11.2 Å². The Morgan fingerprint density at radius 1 is 1.42 bits per heavy atom. The Hall–Kier alpha value is -3.76. The SMILES string of the molecule is [2H]/C(=C\C([2H])([2H])N(C)C)C(=O)Cc1c(OCC)c([2H])c2nc([2H])c(C#N)c(Nc3c([2H])c([2H])c(F)c(C)c3[2H])c2c1[2H]. The summed E-state index contributed by atoms with van der Waals surface area (Å²) in [6, 6.07) is -1.89. The molecule has 2 aromatic carbocycles. The average Bonchev–Trinajstić information content (AvgIpc) is 2.92. The third-order valence-corrected chi connectivity index (χ3v) is 4.28. The summed E-state index contributed by atoms with van der Waals surface area (Å²) in [5.41, 5.74) is -1.86. The van der Waals surface area contributed by atoms with E-state index in [2.05, 4.69) is 10.3 Å². The topological polar surface area (TPSA) is 78.2 Å². The minimum absolute atomic E-state index is 0.00538. The lowest BCUT2D eigenvalue weighted by molar-refractivity contribution is -0.114. The average molecular weight is 456 g/mol. The van der Waals surface area contributed by atoms with E-state index in [0.29, 0.717) is 0 Å². The third kappa shape index (κ3) is 5.93. The van der Waals surface area contributed by atoms with E-state index in [1.807, 2.05) is 0 Å².